The van der Waals surface area contributed by atoms with Gasteiger partial charge in [0, 0.05) is 42.6 Å². The molecule has 56 heavy (non-hydrogen) atoms. The molecule has 0 radical (unpaired) electrons. The summed E-state index contributed by atoms with van der Waals surface area (Å²) in [4.78, 5) is 48.7. The molecule has 5 aliphatic carbocycles. The van der Waals surface area contributed by atoms with E-state index in [0.29, 0.717) is 40.9 Å². The van der Waals surface area contributed by atoms with Gasteiger partial charge >= 0.3 is 11.9 Å². The average molecular weight is 795 g/mol. The normalized spacial score (nSPS) is 34.6. The summed E-state index contributed by atoms with van der Waals surface area (Å²) in [5, 5.41) is 10.3. The summed E-state index contributed by atoms with van der Waals surface area (Å²) >= 11 is 6.23. The molecule has 4 fully saturated rings. The van der Waals surface area contributed by atoms with Crippen molar-refractivity contribution in [3.05, 3.63) is 40.2 Å². The Morgan fingerprint density at radius 1 is 0.946 bits per heavy atom. The van der Waals surface area contributed by atoms with E-state index in [0.717, 1.165) is 75.8 Å². The van der Waals surface area contributed by atoms with E-state index in [9.17, 15) is 19.5 Å². The van der Waals surface area contributed by atoms with Crippen molar-refractivity contribution in [1.29, 1.82) is 0 Å². The Morgan fingerprint density at radius 3 is 2.27 bits per heavy atom. The number of hydrogen-bond acceptors (Lipinski definition) is 7. The smallest absolute Gasteiger partial charge is 0.309 e. The number of Topliss-reactive ketones (excluding diaryl/α,β-unsaturated/α-hetero) is 1. The molecule has 6 rings (SSSR count). The first-order valence-electron chi connectivity index (χ1n) is 21.8. The van der Waals surface area contributed by atoms with Crippen LogP contribution >= 0.6 is 11.6 Å². The molecule has 8 nitrogen and oxygen atoms in total. The molecule has 5 aliphatic rings. The molecule has 9 atom stereocenters. The van der Waals surface area contributed by atoms with E-state index in [4.69, 9.17) is 21.3 Å². The number of hydrogen-bond donors (Lipinski definition) is 1. The maximum Gasteiger partial charge on any atom is 0.309 e. The van der Waals surface area contributed by atoms with Crippen LogP contribution in [0, 0.1) is 56.7 Å². The molecule has 0 saturated heterocycles. The Labute approximate surface area is 342 Å². The van der Waals surface area contributed by atoms with Gasteiger partial charge in [0.25, 0.3) is 0 Å². The molecule has 9 unspecified atom stereocenters. The lowest BCUT2D eigenvalue weighted by Gasteiger charge is -2.69. The van der Waals surface area contributed by atoms with Gasteiger partial charge in [0.1, 0.15) is 6.10 Å². The minimum absolute atomic E-state index is 0.0786. The SMILES string of the molecule is CC(C)C1=C2C3CCC4C(C)(CCC5C(C)(C)C(OC(=O)CC(C)(C)C(=O)O)CCC54C)C3CCC2(CCN(CCN(C)C)C(C)c2ccc(Cl)cn2)CC1=O. The number of fused-ring (bicyclic) bond motifs is 7. The number of carbonyl (C=O) groups excluding carboxylic acids is 2. The Morgan fingerprint density at radius 2 is 1.64 bits per heavy atom. The second kappa shape index (κ2) is 15.7. The van der Waals surface area contributed by atoms with E-state index in [1.807, 2.05) is 6.07 Å². The summed E-state index contributed by atoms with van der Waals surface area (Å²) in [5.41, 5.74) is 2.60. The highest BCUT2D eigenvalue weighted by Crippen LogP contribution is 2.73. The number of carboxylic acid groups (broad SMARTS) is 1. The highest BCUT2D eigenvalue weighted by Gasteiger charge is 2.66. The van der Waals surface area contributed by atoms with Gasteiger partial charge in [0.15, 0.2) is 5.78 Å². The fourth-order valence-electron chi connectivity index (χ4n) is 13.6. The number of halogens is 1. The molecular formula is C47H72ClN3O5. The Hall–Kier alpha value is -2.29. The number of aromatic nitrogens is 1. The van der Waals surface area contributed by atoms with Gasteiger partial charge in [-0.3, -0.25) is 24.3 Å². The van der Waals surface area contributed by atoms with E-state index in [1.165, 1.54) is 12.8 Å². The predicted molar refractivity (Wildman–Crippen MR) is 223 cm³/mol. The molecule has 4 saturated carbocycles. The van der Waals surface area contributed by atoms with Crippen LogP contribution in [0.25, 0.3) is 0 Å². The number of pyridine rings is 1. The lowest BCUT2D eigenvalue weighted by atomic mass is 9.36. The second-order valence-corrected chi connectivity index (χ2v) is 21.7. The fourth-order valence-corrected chi connectivity index (χ4v) is 13.7. The number of likely N-dealkylation sites (N-methyl/N-ethyl adjacent to an activating group) is 1. The lowest BCUT2D eigenvalue weighted by Crippen LogP contribution is -2.63. The van der Waals surface area contributed by atoms with Crippen molar-refractivity contribution in [1.82, 2.24) is 14.8 Å². The van der Waals surface area contributed by atoms with Gasteiger partial charge in [-0.15, -0.1) is 0 Å². The minimum Gasteiger partial charge on any atom is -0.481 e. The quantitative estimate of drug-likeness (QED) is 0.197. The number of allylic oxidation sites excluding steroid dienone is 2. The maximum atomic E-state index is 14.2. The number of nitrogens with zero attached hydrogens (tertiary/aromatic N) is 3. The van der Waals surface area contributed by atoms with Gasteiger partial charge in [0.2, 0.25) is 0 Å². The largest absolute Gasteiger partial charge is 0.481 e. The van der Waals surface area contributed by atoms with Crippen LogP contribution < -0.4 is 0 Å². The van der Waals surface area contributed by atoms with Crippen LogP contribution in [0.2, 0.25) is 5.02 Å². The van der Waals surface area contributed by atoms with Crippen molar-refractivity contribution in [2.75, 3.05) is 33.7 Å². The topological polar surface area (TPSA) is 100 Å². The van der Waals surface area contributed by atoms with Crippen molar-refractivity contribution in [3.8, 4) is 0 Å². The highest BCUT2D eigenvalue weighted by molar-refractivity contribution is 6.30. The number of rotatable bonds is 13. The summed E-state index contributed by atoms with van der Waals surface area (Å²) in [6, 6.07) is 4.13. The van der Waals surface area contributed by atoms with Crippen LogP contribution in [0.15, 0.2) is 29.5 Å². The van der Waals surface area contributed by atoms with E-state index in [2.05, 4.69) is 78.4 Å². The summed E-state index contributed by atoms with van der Waals surface area (Å²) in [6.45, 7) is 22.5. The van der Waals surface area contributed by atoms with Crippen molar-refractivity contribution in [2.45, 2.75) is 145 Å². The zero-order valence-corrected chi connectivity index (χ0v) is 37.2. The molecule has 0 aliphatic heterocycles. The highest BCUT2D eigenvalue weighted by atomic mass is 35.5. The number of aliphatic carboxylic acids is 1. The van der Waals surface area contributed by atoms with E-state index >= 15 is 0 Å². The van der Waals surface area contributed by atoms with Crippen LogP contribution in [-0.4, -0.2) is 77.4 Å². The monoisotopic (exact) mass is 794 g/mol. The first kappa shape index (κ1) is 43.3. The molecule has 312 valence electrons. The number of ether oxygens (including phenoxy) is 1. The number of ketones is 1. The third-order valence-electron chi connectivity index (χ3n) is 16.6. The predicted octanol–water partition coefficient (Wildman–Crippen LogP) is 10.1. The molecule has 0 aromatic carbocycles. The maximum absolute atomic E-state index is 14.2. The molecule has 1 aromatic heterocycles. The summed E-state index contributed by atoms with van der Waals surface area (Å²) in [6.07, 6.45) is 11.7. The van der Waals surface area contributed by atoms with E-state index in [1.54, 1.807) is 25.6 Å². The lowest BCUT2D eigenvalue weighted by molar-refractivity contribution is -0.214. The standard InChI is InChI=1S/C47H72ClN3O5/c1-29(2)40-35(52)26-47(22-23-51(25-24-50(10)11)30(3)34-14-12-31(48)28-49-34)21-16-33-32(41(40)47)13-15-37-45(33,8)19-17-36-44(6,7)38(18-20-46(36,37)9)56-39(53)27-43(4,5)42(54)55/h12,14,28-30,32-33,36-38H,13,15-27H2,1-11H3,(H,54,55). The van der Waals surface area contributed by atoms with Crippen molar-refractivity contribution in [2.24, 2.45) is 56.7 Å². The van der Waals surface area contributed by atoms with E-state index < -0.39 is 17.4 Å². The first-order valence-corrected chi connectivity index (χ1v) is 22.2. The average Bonchev–Trinajstić information content (AvgIpc) is 3.41. The van der Waals surface area contributed by atoms with Gasteiger partial charge < -0.3 is 14.7 Å². The van der Waals surface area contributed by atoms with Crippen molar-refractivity contribution < 1.29 is 24.2 Å². The van der Waals surface area contributed by atoms with Crippen LogP contribution in [0.3, 0.4) is 0 Å². The zero-order chi connectivity index (χ0) is 41.2. The molecule has 1 N–H and O–H groups in total. The van der Waals surface area contributed by atoms with Gasteiger partial charge in [-0.25, -0.2) is 0 Å². The first-order chi connectivity index (χ1) is 26.1. The van der Waals surface area contributed by atoms with Gasteiger partial charge in [0.05, 0.1) is 22.6 Å². The second-order valence-electron chi connectivity index (χ2n) is 21.2. The molecule has 0 spiro atoms. The summed E-state index contributed by atoms with van der Waals surface area (Å²) < 4.78 is 6.19. The van der Waals surface area contributed by atoms with Crippen LogP contribution in [-0.2, 0) is 19.1 Å². The van der Waals surface area contributed by atoms with Crippen molar-refractivity contribution >= 4 is 29.3 Å². The van der Waals surface area contributed by atoms with Gasteiger partial charge in [-0.2, -0.15) is 0 Å². The molecular weight excluding hydrogens is 722 g/mol. The third kappa shape index (κ3) is 7.67. The number of carbonyl (C=O) groups is 3. The minimum atomic E-state index is -1.15. The Balaban J connectivity index is 1.25. The Kier molecular flexibility index (Phi) is 12.1. The van der Waals surface area contributed by atoms with E-state index in [-0.39, 0.29) is 46.1 Å². The van der Waals surface area contributed by atoms with Gasteiger partial charge in [-0.1, -0.05) is 58.7 Å². The molecule has 0 amide bonds. The zero-order valence-electron chi connectivity index (χ0n) is 36.5. The van der Waals surface area contributed by atoms with Crippen molar-refractivity contribution in [3.63, 3.8) is 0 Å². The van der Waals surface area contributed by atoms with Gasteiger partial charge in [-0.05, 0) is 157 Å². The molecule has 9 heteroatoms. The summed E-state index contributed by atoms with van der Waals surface area (Å²) in [7, 11) is 4.26. The number of carboxylic acids is 1. The van der Waals surface area contributed by atoms with Crippen LogP contribution in [0.1, 0.15) is 145 Å². The van der Waals surface area contributed by atoms with Crippen LogP contribution in [0.4, 0.5) is 0 Å². The fraction of sp³-hybridized carbons (Fsp3) is 0.787. The summed E-state index contributed by atoms with van der Waals surface area (Å²) in [5.74, 6) is 1.22. The Bertz CT molecular complexity index is 1690. The number of esters is 1. The third-order valence-corrected chi connectivity index (χ3v) is 16.8. The molecule has 1 aromatic rings. The molecule has 0 bridgehead atoms. The molecule has 1 heterocycles. The van der Waals surface area contributed by atoms with Crippen LogP contribution in [0.5, 0.6) is 0 Å².